The fraction of sp³-hybridized carbons (Fsp3) is 0.368. The Bertz CT molecular complexity index is 824. The Morgan fingerprint density at radius 3 is 2.92 bits per heavy atom. The van der Waals surface area contributed by atoms with Gasteiger partial charge in [-0.05, 0) is 31.0 Å². The van der Waals surface area contributed by atoms with E-state index in [1.807, 2.05) is 32.0 Å². The van der Waals surface area contributed by atoms with Crippen LogP contribution in [0.15, 0.2) is 36.5 Å². The van der Waals surface area contributed by atoms with Gasteiger partial charge in [0, 0.05) is 11.6 Å². The third-order valence-electron chi connectivity index (χ3n) is 4.80. The lowest BCUT2D eigenvalue weighted by atomic mass is 10.1. The van der Waals surface area contributed by atoms with Crippen molar-refractivity contribution in [1.82, 2.24) is 10.3 Å². The highest BCUT2D eigenvalue weighted by atomic mass is 16.5. The average molecular weight is 355 g/mol. The van der Waals surface area contributed by atoms with Gasteiger partial charge in [0.15, 0.2) is 6.35 Å². The summed E-state index contributed by atoms with van der Waals surface area (Å²) < 4.78 is 11.6. The first-order chi connectivity index (χ1) is 12.6. The number of pyridine rings is 1. The number of anilines is 1. The van der Waals surface area contributed by atoms with Gasteiger partial charge in [-0.15, -0.1) is 0 Å². The Hall–Kier alpha value is -2.48. The third-order valence-corrected chi connectivity index (χ3v) is 4.80. The maximum atomic E-state index is 12.3. The normalized spacial score (nSPS) is 24.8. The van der Waals surface area contributed by atoms with Crippen LogP contribution in [-0.4, -0.2) is 28.4 Å². The number of hydrogen-bond acceptors (Lipinski definition) is 6. The SMILES string of the molecule is CC[C@H]1NC(O)N(c2ccc(Oc3cccc4c3C(C)OC4)nc2)C1=O. The molecule has 0 spiro atoms. The second kappa shape index (κ2) is 6.68. The third kappa shape index (κ3) is 2.84. The van der Waals surface area contributed by atoms with E-state index in [1.165, 1.54) is 11.1 Å². The first kappa shape index (κ1) is 17.0. The summed E-state index contributed by atoms with van der Waals surface area (Å²) in [4.78, 5) is 17.9. The zero-order chi connectivity index (χ0) is 18.3. The Kier molecular flexibility index (Phi) is 4.36. The van der Waals surface area contributed by atoms with Crippen molar-refractivity contribution < 1.29 is 19.4 Å². The van der Waals surface area contributed by atoms with Gasteiger partial charge in [0.25, 0.3) is 0 Å². The molecule has 1 aromatic carbocycles. The van der Waals surface area contributed by atoms with Crippen molar-refractivity contribution in [1.29, 1.82) is 0 Å². The fourth-order valence-corrected chi connectivity index (χ4v) is 3.43. The van der Waals surface area contributed by atoms with Crippen LogP contribution in [0.5, 0.6) is 11.6 Å². The smallest absolute Gasteiger partial charge is 0.247 e. The van der Waals surface area contributed by atoms with Crippen LogP contribution in [-0.2, 0) is 16.1 Å². The first-order valence-corrected chi connectivity index (χ1v) is 8.73. The minimum atomic E-state index is -1.04. The summed E-state index contributed by atoms with van der Waals surface area (Å²) in [6, 6.07) is 8.87. The molecule has 0 radical (unpaired) electrons. The summed E-state index contributed by atoms with van der Waals surface area (Å²) in [5.74, 6) is 0.974. The number of carbonyl (C=O) groups excluding carboxylic acids is 1. The van der Waals surface area contributed by atoms with E-state index < -0.39 is 6.35 Å². The number of rotatable bonds is 4. The minimum absolute atomic E-state index is 0.0186. The van der Waals surface area contributed by atoms with Crippen molar-refractivity contribution in [2.24, 2.45) is 0 Å². The number of aliphatic hydroxyl groups is 1. The Morgan fingerprint density at radius 2 is 2.23 bits per heavy atom. The van der Waals surface area contributed by atoms with Gasteiger partial charge in [0.1, 0.15) is 5.75 Å². The van der Waals surface area contributed by atoms with E-state index in [1.54, 1.807) is 12.1 Å². The molecule has 2 N–H and O–H groups in total. The number of ether oxygens (including phenoxy) is 2. The number of amides is 1. The van der Waals surface area contributed by atoms with Crippen molar-refractivity contribution >= 4 is 11.6 Å². The molecule has 3 heterocycles. The number of nitrogens with zero attached hydrogens (tertiary/aromatic N) is 2. The van der Waals surface area contributed by atoms with Crippen LogP contribution in [0.2, 0.25) is 0 Å². The van der Waals surface area contributed by atoms with Crippen LogP contribution in [0, 0.1) is 0 Å². The first-order valence-electron chi connectivity index (χ1n) is 8.73. The van der Waals surface area contributed by atoms with E-state index in [9.17, 15) is 9.90 Å². The van der Waals surface area contributed by atoms with E-state index in [2.05, 4.69) is 10.3 Å². The summed E-state index contributed by atoms with van der Waals surface area (Å²) in [5.41, 5.74) is 2.68. The highest BCUT2D eigenvalue weighted by Crippen LogP contribution is 2.38. The Labute approximate surface area is 151 Å². The lowest BCUT2D eigenvalue weighted by Crippen LogP contribution is -2.37. The minimum Gasteiger partial charge on any atom is -0.439 e. The van der Waals surface area contributed by atoms with Crippen molar-refractivity contribution in [3.8, 4) is 11.6 Å². The molecule has 2 aromatic rings. The zero-order valence-corrected chi connectivity index (χ0v) is 14.7. The molecule has 1 aromatic heterocycles. The maximum absolute atomic E-state index is 12.3. The predicted octanol–water partition coefficient (Wildman–Crippen LogP) is 2.46. The number of nitrogens with one attached hydrogen (secondary N) is 1. The molecule has 0 aliphatic carbocycles. The molecule has 7 nitrogen and oxygen atoms in total. The van der Waals surface area contributed by atoms with E-state index in [0.717, 1.165) is 16.9 Å². The van der Waals surface area contributed by atoms with Crippen LogP contribution in [0.25, 0.3) is 0 Å². The molecule has 1 fully saturated rings. The van der Waals surface area contributed by atoms with Gasteiger partial charge in [-0.1, -0.05) is 19.1 Å². The van der Waals surface area contributed by atoms with Gasteiger partial charge in [0.2, 0.25) is 11.8 Å². The largest absolute Gasteiger partial charge is 0.439 e. The van der Waals surface area contributed by atoms with Crippen LogP contribution in [0.1, 0.15) is 37.5 Å². The second-order valence-corrected chi connectivity index (χ2v) is 6.45. The maximum Gasteiger partial charge on any atom is 0.247 e. The predicted molar refractivity (Wildman–Crippen MR) is 94.7 cm³/mol. The van der Waals surface area contributed by atoms with Crippen molar-refractivity contribution in [2.75, 3.05) is 4.90 Å². The van der Waals surface area contributed by atoms with E-state index in [4.69, 9.17) is 9.47 Å². The second-order valence-electron chi connectivity index (χ2n) is 6.45. The molecular weight excluding hydrogens is 334 g/mol. The Balaban J connectivity index is 1.55. The number of hydrogen-bond donors (Lipinski definition) is 2. The van der Waals surface area contributed by atoms with Gasteiger partial charge in [0.05, 0.1) is 30.6 Å². The van der Waals surface area contributed by atoms with Gasteiger partial charge in [-0.3, -0.25) is 15.0 Å². The van der Waals surface area contributed by atoms with Crippen molar-refractivity contribution in [3.63, 3.8) is 0 Å². The topological polar surface area (TPSA) is 83.9 Å². The molecule has 3 atom stereocenters. The lowest BCUT2D eigenvalue weighted by molar-refractivity contribution is -0.118. The fourth-order valence-electron chi connectivity index (χ4n) is 3.43. The summed E-state index contributed by atoms with van der Waals surface area (Å²) >= 11 is 0. The van der Waals surface area contributed by atoms with Crippen LogP contribution in [0.4, 0.5) is 5.69 Å². The molecule has 26 heavy (non-hydrogen) atoms. The van der Waals surface area contributed by atoms with Gasteiger partial charge in [-0.25, -0.2) is 4.98 Å². The standard InChI is InChI=1S/C19H21N3O4/c1-3-14-18(23)22(19(24)21-14)13-7-8-16(20-9-13)26-15-6-4-5-12-10-25-11(2)17(12)15/h4-9,11,14,19,21,24H,3,10H2,1-2H3/t11?,14-,19?/m1/s1. The monoisotopic (exact) mass is 355 g/mol. The van der Waals surface area contributed by atoms with Gasteiger partial charge >= 0.3 is 0 Å². The molecular formula is C19H21N3O4. The highest BCUT2D eigenvalue weighted by Gasteiger charge is 2.37. The summed E-state index contributed by atoms with van der Waals surface area (Å²) in [6.07, 6.45) is 1.07. The summed E-state index contributed by atoms with van der Waals surface area (Å²) in [6.45, 7) is 4.47. The number of aliphatic hydroxyl groups excluding tert-OH is 1. The van der Waals surface area contributed by atoms with Gasteiger partial charge < -0.3 is 14.6 Å². The van der Waals surface area contributed by atoms with Crippen molar-refractivity contribution in [2.45, 2.75) is 45.4 Å². The average Bonchev–Trinajstić information content (AvgIpc) is 3.16. The molecule has 4 rings (SSSR count). The lowest BCUT2D eigenvalue weighted by Gasteiger charge is -2.19. The van der Waals surface area contributed by atoms with E-state index >= 15 is 0 Å². The van der Waals surface area contributed by atoms with E-state index in [-0.39, 0.29) is 18.1 Å². The molecule has 0 saturated carbocycles. The van der Waals surface area contributed by atoms with E-state index in [0.29, 0.717) is 24.6 Å². The molecule has 2 aliphatic heterocycles. The summed E-state index contributed by atoms with van der Waals surface area (Å²) in [7, 11) is 0. The van der Waals surface area contributed by atoms with Crippen LogP contribution in [0.3, 0.4) is 0 Å². The zero-order valence-electron chi connectivity index (χ0n) is 14.7. The van der Waals surface area contributed by atoms with Crippen LogP contribution < -0.4 is 15.0 Å². The number of fused-ring (bicyclic) bond motifs is 1. The van der Waals surface area contributed by atoms with Crippen molar-refractivity contribution in [3.05, 3.63) is 47.7 Å². The molecule has 0 bridgehead atoms. The molecule has 1 saturated heterocycles. The number of benzene rings is 1. The molecule has 2 unspecified atom stereocenters. The molecule has 2 aliphatic rings. The van der Waals surface area contributed by atoms with Gasteiger partial charge in [-0.2, -0.15) is 0 Å². The number of carbonyl (C=O) groups is 1. The molecule has 7 heteroatoms. The molecule has 1 amide bonds. The number of aromatic nitrogens is 1. The highest BCUT2D eigenvalue weighted by molar-refractivity contribution is 5.99. The molecule has 136 valence electrons. The Morgan fingerprint density at radius 1 is 1.38 bits per heavy atom. The summed E-state index contributed by atoms with van der Waals surface area (Å²) in [5, 5.41) is 12.9. The van der Waals surface area contributed by atoms with Crippen LogP contribution >= 0.6 is 0 Å². The quantitative estimate of drug-likeness (QED) is 0.876.